The monoisotopic (exact) mass is 248 g/mol. The molecule has 1 rings (SSSR count). The van der Waals surface area contributed by atoms with Crippen molar-refractivity contribution in [2.75, 3.05) is 5.32 Å². The molecule has 0 aromatic heterocycles. The fourth-order valence-corrected chi connectivity index (χ4v) is 1.41. The van der Waals surface area contributed by atoms with Crippen molar-refractivity contribution in [1.29, 1.82) is 0 Å². The van der Waals surface area contributed by atoms with Crippen molar-refractivity contribution in [3.8, 4) is 0 Å². The van der Waals surface area contributed by atoms with Gasteiger partial charge in [0, 0.05) is 23.9 Å². The number of thiocarbonyl (C=S) groups is 1. The lowest BCUT2D eigenvalue weighted by Gasteiger charge is -2.13. The second-order valence-electron chi connectivity index (χ2n) is 3.51. The summed E-state index contributed by atoms with van der Waals surface area (Å²) >= 11 is 4.87. The molecule has 0 fully saturated rings. The first kappa shape index (κ1) is 12.8. The predicted octanol–water partition coefficient (Wildman–Crippen LogP) is 2.80. The summed E-state index contributed by atoms with van der Waals surface area (Å²) in [6.45, 7) is 3.72. The molecule has 0 radical (unpaired) electrons. The van der Waals surface area contributed by atoms with Crippen LogP contribution in [0.15, 0.2) is 12.1 Å². The number of anilines is 1. The molecule has 2 nitrogen and oxygen atoms in total. The molecule has 88 valence electrons. The highest BCUT2D eigenvalue weighted by Gasteiger charge is 2.11. The molecule has 0 atom stereocenters. The molecule has 0 bridgehead atoms. The lowest BCUT2D eigenvalue weighted by molar-refractivity contribution is 0.448. The SMILES string of the molecule is CC(C)NC(=S)Nc1cc(F)c(F)c(F)c1. The number of halogens is 3. The zero-order chi connectivity index (χ0) is 12.3. The molecule has 0 aliphatic heterocycles. The van der Waals surface area contributed by atoms with Crippen molar-refractivity contribution in [2.24, 2.45) is 0 Å². The molecule has 0 saturated heterocycles. The molecule has 0 aliphatic rings. The smallest absolute Gasteiger partial charge is 0.194 e. The van der Waals surface area contributed by atoms with Gasteiger partial charge in [-0.3, -0.25) is 0 Å². The van der Waals surface area contributed by atoms with Gasteiger partial charge in [0.05, 0.1) is 0 Å². The average Bonchev–Trinajstić information content (AvgIpc) is 2.12. The van der Waals surface area contributed by atoms with Gasteiger partial charge in [-0.1, -0.05) is 0 Å². The molecule has 0 saturated carbocycles. The Kier molecular flexibility index (Phi) is 4.12. The first-order chi connectivity index (χ1) is 7.40. The third-order valence-corrected chi connectivity index (χ3v) is 1.88. The van der Waals surface area contributed by atoms with Crippen LogP contribution in [0.1, 0.15) is 13.8 Å². The highest BCUT2D eigenvalue weighted by molar-refractivity contribution is 7.80. The fourth-order valence-electron chi connectivity index (χ4n) is 1.06. The second-order valence-corrected chi connectivity index (χ2v) is 3.92. The van der Waals surface area contributed by atoms with E-state index < -0.39 is 17.5 Å². The van der Waals surface area contributed by atoms with Crippen LogP contribution in [0.3, 0.4) is 0 Å². The van der Waals surface area contributed by atoms with Gasteiger partial charge in [0.2, 0.25) is 0 Å². The van der Waals surface area contributed by atoms with Crippen molar-refractivity contribution >= 4 is 23.0 Å². The Balaban J connectivity index is 2.79. The van der Waals surface area contributed by atoms with Gasteiger partial charge in [-0.25, -0.2) is 13.2 Å². The van der Waals surface area contributed by atoms with E-state index in [2.05, 4.69) is 10.6 Å². The van der Waals surface area contributed by atoms with Gasteiger partial charge in [-0.15, -0.1) is 0 Å². The Hall–Kier alpha value is -1.30. The predicted molar refractivity (Wildman–Crippen MR) is 60.8 cm³/mol. The Labute approximate surface area is 96.8 Å². The van der Waals surface area contributed by atoms with Gasteiger partial charge >= 0.3 is 0 Å². The summed E-state index contributed by atoms with van der Waals surface area (Å²) in [6.07, 6.45) is 0. The molecule has 0 heterocycles. The maximum atomic E-state index is 12.8. The molecular formula is C10H11F3N2S. The van der Waals surface area contributed by atoms with Gasteiger partial charge in [-0.2, -0.15) is 0 Å². The summed E-state index contributed by atoms with van der Waals surface area (Å²) in [6, 6.07) is 1.77. The van der Waals surface area contributed by atoms with Gasteiger partial charge in [0.25, 0.3) is 0 Å². The van der Waals surface area contributed by atoms with E-state index in [0.29, 0.717) is 0 Å². The summed E-state index contributed by atoms with van der Waals surface area (Å²) in [5, 5.41) is 5.60. The summed E-state index contributed by atoms with van der Waals surface area (Å²) in [5.41, 5.74) is 0.0644. The topological polar surface area (TPSA) is 24.1 Å². The maximum absolute atomic E-state index is 12.8. The normalized spacial score (nSPS) is 10.4. The van der Waals surface area contributed by atoms with E-state index in [1.54, 1.807) is 0 Å². The van der Waals surface area contributed by atoms with Gasteiger partial charge in [-0.05, 0) is 26.1 Å². The molecule has 1 aromatic rings. The van der Waals surface area contributed by atoms with E-state index >= 15 is 0 Å². The Morgan fingerprint density at radius 1 is 1.19 bits per heavy atom. The van der Waals surface area contributed by atoms with Gasteiger partial charge < -0.3 is 10.6 Å². The summed E-state index contributed by atoms with van der Waals surface area (Å²) in [7, 11) is 0. The third-order valence-electron chi connectivity index (χ3n) is 1.66. The lowest BCUT2D eigenvalue weighted by Crippen LogP contribution is -2.33. The number of hydrogen-bond donors (Lipinski definition) is 2. The van der Waals surface area contributed by atoms with Crippen molar-refractivity contribution in [2.45, 2.75) is 19.9 Å². The number of hydrogen-bond acceptors (Lipinski definition) is 1. The maximum Gasteiger partial charge on any atom is 0.194 e. The van der Waals surface area contributed by atoms with E-state index in [1.807, 2.05) is 13.8 Å². The van der Waals surface area contributed by atoms with Crippen LogP contribution in [0.5, 0.6) is 0 Å². The summed E-state index contributed by atoms with van der Waals surface area (Å²) in [5.74, 6) is -4.00. The van der Waals surface area contributed by atoms with Crippen LogP contribution in [-0.4, -0.2) is 11.2 Å². The minimum absolute atomic E-state index is 0.0644. The zero-order valence-corrected chi connectivity index (χ0v) is 9.59. The van der Waals surface area contributed by atoms with Crippen LogP contribution >= 0.6 is 12.2 Å². The van der Waals surface area contributed by atoms with Crippen LogP contribution in [0.25, 0.3) is 0 Å². The number of benzene rings is 1. The van der Waals surface area contributed by atoms with Crippen molar-refractivity contribution in [3.05, 3.63) is 29.6 Å². The van der Waals surface area contributed by atoms with E-state index in [1.165, 1.54) is 0 Å². The van der Waals surface area contributed by atoms with E-state index in [4.69, 9.17) is 12.2 Å². The standard InChI is InChI=1S/C10H11F3N2S/c1-5(2)14-10(16)15-6-3-7(11)9(13)8(12)4-6/h3-5H,1-2H3,(H2,14,15,16). The van der Waals surface area contributed by atoms with Crippen LogP contribution in [0.2, 0.25) is 0 Å². The van der Waals surface area contributed by atoms with Crippen molar-refractivity contribution in [3.63, 3.8) is 0 Å². The summed E-state index contributed by atoms with van der Waals surface area (Å²) in [4.78, 5) is 0. The summed E-state index contributed by atoms with van der Waals surface area (Å²) < 4.78 is 38.3. The molecule has 16 heavy (non-hydrogen) atoms. The zero-order valence-electron chi connectivity index (χ0n) is 8.77. The number of rotatable bonds is 2. The molecule has 0 spiro atoms. The highest BCUT2D eigenvalue weighted by atomic mass is 32.1. The van der Waals surface area contributed by atoms with Crippen LogP contribution in [0, 0.1) is 17.5 Å². The molecule has 0 aliphatic carbocycles. The first-order valence-corrected chi connectivity index (χ1v) is 5.03. The van der Waals surface area contributed by atoms with Crippen LogP contribution in [0.4, 0.5) is 18.9 Å². The molecule has 2 N–H and O–H groups in total. The lowest BCUT2D eigenvalue weighted by atomic mass is 10.3. The minimum atomic E-state index is -1.49. The Morgan fingerprint density at radius 3 is 2.12 bits per heavy atom. The van der Waals surface area contributed by atoms with E-state index in [9.17, 15) is 13.2 Å². The molecule has 6 heteroatoms. The average molecular weight is 248 g/mol. The van der Waals surface area contributed by atoms with E-state index in [-0.39, 0.29) is 16.8 Å². The van der Waals surface area contributed by atoms with Gasteiger partial charge in [0.1, 0.15) is 0 Å². The molecule has 1 aromatic carbocycles. The van der Waals surface area contributed by atoms with Gasteiger partial charge in [0.15, 0.2) is 22.6 Å². The molecule has 0 unspecified atom stereocenters. The van der Waals surface area contributed by atoms with Crippen molar-refractivity contribution < 1.29 is 13.2 Å². The highest BCUT2D eigenvalue weighted by Crippen LogP contribution is 2.17. The molecule has 0 amide bonds. The van der Waals surface area contributed by atoms with E-state index in [0.717, 1.165) is 12.1 Å². The molecular weight excluding hydrogens is 237 g/mol. The fraction of sp³-hybridized carbons (Fsp3) is 0.300. The quantitative estimate of drug-likeness (QED) is 0.621. The minimum Gasteiger partial charge on any atom is -0.360 e. The third kappa shape index (κ3) is 3.37. The second kappa shape index (κ2) is 5.16. The number of nitrogens with one attached hydrogen (secondary N) is 2. The first-order valence-electron chi connectivity index (χ1n) is 4.62. The van der Waals surface area contributed by atoms with Crippen molar-refractivity contribution in [1.82, 2.24) is 5.32 Å². The largest absolute Gasteiger partial charge is 0.360 e. The van der Waals surface area contributed by atoms with Crippen LogP contribution < -0.4 is 10.6 Å². The van der Waals surface area contributed by atoms with Crippen LogP contribution in [-0.2, 0) is 0 Å². The Bertz CT molecular complexity index is 384. The Morgan fingerprint density at radius 2 is 1.69 bits per heavy atom.